The van der Waals surface area contributed by atoms with E-state index in [1.165, 1.54) is 4.90 Å². The molecule has 0 radical (unpaired) electrons. The maximum atomic E-state index is 13.2. The zero-order valence-corrected chi connectivity index (χ0v) is 14.4. The van der Waals surface area contributed by atoms with E-state index in [0.717, 1.165) is 25.8 Å². The van der Waals surface area contributed by atoms with Crippen LogP contribution in [0, 0.1) is 16.7 Å². The number of carbonyl (C=O) groups excluding carboxylic acids is 1. The highest BCUT2D eigenvalue weighted by atomic mass is 19.4. The number of nitriles is 1. The highest BCUT2D eigenvalue weighted by Crippen LogP contribution is 2.56. The van der Waals surface area contributed by atoms with Gasteiger partial charge in [-0.05, 0) is 37.5 Å². The Balaban J connectivity index is 1.75. The van der Waals surface area contributed by atoms with Crippen LogP contribution in [-0.4, -0.2) is 21.6 Å². The Bertz CT molecular complexity index is 963. The van der Waals surface area contributed by atoms with Crippen LogP contribution < -0.4 is 4.90 Å². The number of carbonyl (C=O) groups is 1. The second-order valence-electron chi connectivity index (χ2n) is 7.69. The first-order valence-corrected chi connectivity index (χ1v) is 8.44. The Morgan fingerprint density at radius 1 is 1.35 bits per heavy atom. The molecule has 8 heteroatoms. The van der Waals surface area contributed by atoms with Crippen molar-refractivity contribution in [2.45, 2.75) is 51.4 Å². The number of anilines is 1. The molecule has 1 aliphatic carbocycles. The number of halogens is 3. The van der Waals surface area contributed by atoms with E-state index in [2.05, 4.69) is 11.1 Å². The summed E-state index contributed by atoms with van der Waals surface area (Å²) in [6.45, 7) is 2.08. The Kier molecular flexibility index (Phi) is 3.24. The Morgan fingerprint density at radius 2 is 2.04 bits per heavy atom. The molecule has 1 spiro atoms. The lowest BCUT2D eigenvalue weighted by molar-refractivity contribution is -0.214. The highest BCUT2D eigenvalue weighted by Gasteiger charge is 2.59. The van der Waals surface area contributed by atoms with Crippen LogP contribution in [-0.2, 0) is 10.5 Å². The molecule has 0 N–H and O–H groups in total. The van der Waals surface area contributed by atoms with Gasteiger partial charge in [0.05, 0.1) is 28.1 Å². The van der Waals surface area contributed by atoms with Gasteiger partial charge in [0.25, 0.3) is 0 Å². The van der Waals surface area contributed by atoms with E-state index in [4.69, 9.17) is 5.26 Å². The van der Waals surface area contributed by atoms with Crippen molar-refractivity contribution in [2.75, 3.05) is 4.90 Å². The third kappa shape index (κ3) is 2.03. The molecule has 136 valence electrons. The lowest BCUT2D eigenvalue weighted by Crippen LogP contribution is -2.66. The molecular formula is C18H17F3N4O. The average Bonchev–Trinajstić information content (AvgIpc) is 2.78. The lowest BCUT2D eigenvalue weighted by atomic mass is 9.78. The van der Waals surface area contributed by atoms with Gasteiger partial charge in [-0.25, -0.2) is 4.98 Å². The van der Waals surface area contributed by atoms with Crippen molar-refractivity contribution in [3.8, 4) is 6.07 Å². The van der Waals surface area contributed by atoms with Crippen molar-refractivity contribution in [1.82, 2.24) is 9.55 Å². The van der Waals surface area contributed by atoms with Gasteiger partial charge in [0.2, 0.25) is 11.9 Å². The van der Waals surface area contributed by atoms with Crippen molar-refractivity contribution in [1.29, 1.82) is 5.26 Å². The zero-order valence-electron chi connectivity index (χ0n) is 14.4. The molecule has 0 atom stereocenters. The summed E-state index contributed by atoms with van der Waals surface area (Å²) in [6, 6.07) is 7.14. The molecule has 26 heavy (non-hydrogen) atoms. The van der Waals surface area contributed by atoms with E-state index < -0.39 is 29.6 Å². The number of imidazole rings is 1. The summed E-state index contributed by atoms with van der Waals surface area (Å²) in [5, 5.41) is 9.11. The van der Waals surface area contributed by atoms with Crippen molar-refractivity contribution in [2.24, 2.45) is 5.41 Å². The smallest absolute Gasteiger partial charge is 0.285 e. The molecule has 2 heterocycles. The molecule has 1 fully saturated rings. The molecular weight excluding hydrogens is 345 g/mol. The molecule has 2 aromatic rings. The first-order chi connectivity index (χ1) is 12.1. The molecule has 4 rings (SSSR count). The van der Waals surface area contributed by atoms with Gasteiger partial charge in [-0.2, -0.15) is 18.4 Å². The number of amides is 1. The van der Waals surface area contributed by atoms with Crippen molar-refractivity contribution in [3.05, 3.63) is 23.8 Å². The fourth-order valence-corrected chi connectivity index (χ4v) is 3.78. The summed E-state index contributed by atoms with van der Waals surface area (Å²) in [4.78, 5) is 18.6. The minimum absolute atomic E-state index is 0.373. The van der Waals surface area contributed by atoms with Gasteiger partial charge >= 0.3 is 6.18 Å². The van der Waals surface area contributed by atoms with Crippen LogP contribution in [0.1, 0.15) is 45.1 Å². The predicted octanol–water partition coefficient (Wildman–Crippen LogP) is 4.07. The number of nitrogens with zero attached hydrogens (tertiary/aromatic N) is 4. The average molecular weight is 362 g/mol. The van der Waals surface area contributed by atoms with Gasteiger partial charge in [-0.15, -0.1) is 0 Å². The number of hydrogen-bond donors (Lipinski definition) is 0. The number of rotatable bonds is 2. The summed E-state index contributed by atoms with van der Waals surface area (Å²) < 4.78 is 41.5. The van der Waals surface area contributed by atoms with Crippen LogP contribution >= 0.6 is 0 Å². The molecule has 1 saturated carbocycles. The number of aromatic nitrogens is 2. The van der Waals surface area contributed by atoms with E-state index in [-0.39, 0.29) is 0 Å². The first-order valence-electron chi connectivity index (χ1n) is 8.44. The van der Waals surface area contributed by atoms with Crippen molar-refractivity contribution < 1.29 is 18.0 Å². The van der Waals surface area contributed by atoms with E-state index in [0.29, 0.717) is 29.9 Å². The third-order valence-corrected chi connectivity index (χ3v) is 5.56. The monoisotopic (exact) mass is 362 g/mol. The van der Waals surface area contributed by atoms with Crippen LogP contribution in [0.15, 0.2) is 18.2 Å². The van der Waals surface area contributed by atoms with E-state index >= 15 is 0 Å². The van der Waals surface area contributed by atoms with Gasteiger partial charge in [0, 0.05) is 6.42 Å². The van der Waals surface area contributed by atoms with Crippen LogP contribution in [0.2, 0.25) is 0 Å². The fourth-order valence-electron chi connectivity index (χ4n) is 3.78. The number of fused-ring (bicyclic) bond motifs is 4. The molecule has 0 saturated heterocycles. The summed E-state index contributed by atoms with van der Waals surface area (Å²) in [6.07, 6.45) is -2.82. The number of benzene rings is 1. The maximum absolute atomic E-state index is 13.2. The molecule has 2 aliphatic rings. The largest absolute Gasteiger partial charge is 0.394 e. The molecule has 1 aromatic carbocycles. The Hall–Kier alpha value is -2.56. The molecule has 1 amide bonds. The summed E-state index contributed by atoms with van der Waals surface area (Å²) in [5.74, 6) is -0.187. The standard InChI is InChI=1S/C18H17F3N4O/c1-16(2,18(19,20)21)9-14(26)25-15-23-12-5-4-11(10-22)8-13(12)24(15)17(25)6-3-7-17/h4-5,8H,3,6-7,9H2,1-2H3. The lowest BCUT2D eigenvalue weighted by Gasteiger charge is -2.58. The molecule has 0 unspecified atom stereocenters. The minimum atomic E-state index is -4.46. The van der Waals surface area contributed by atoms with Gasteiger partial charge < -0.3 is 0 Å². The van der Waals surface area contributed by atoms with Gasteiger partial charge in [-0.1, -0.05) is 13.8 Å². The van der Waals surface area contributed by atoms with E-state index in [9.17, 15) is 18.0 Å². The highest BCUT2D eigenvalue weighted by molar-refractivity contribution is 5.99. The van der Waals surface area contributed by atoms with E-state index in [1.54, 1.807) is 18.2 Å². The first kappa shape index (κ1) is 16.9. The Morgan fingerprint density at radius 3 is 2.58 bits per heavy atom. The van der Waals surface area contributed by atoms with Gasteiger partial charge in [0.1, 0.15) is 5.66 Å². The topological polar surface area (TPSA) is 61.9 Å². The minimum Gasteiger partial charge on any atom is -0.285 e. The predicted molar refractivity (Wildman–Crippen MR) is 88.2 cm³/mol. The Labute approximate surface area is 148 Å². The SMILES string of the molecule is CC(C)(CC(=O)N1c2nc3ccc(C#N)cc3n2C12CCC2)C(F)(F)F. The second-order valence-corrected chi connectivity index (χ2v) is 7.69. The van der Waals surface area contributed by atoms with Crippen LogP contribution in [0.5, 0.6) is 0 Å². The van der Waals surface area contributed by atoms with Crippen LogP contribution in [0.25, 0.3) is 11.0 Å². The summed E-state index contributed by atoms with van der Waals surface area (Å²) in [5.41, 5.74) is -0.863. The quantitative estimate of drug-likeness (QED) is 0.809. The van der Waals surface area contributed by atoms with Gasteiger partial charge in [-0.3, -0.25) is 14.3 Å². The molecule has 1 aromatic heterocycles. The zero-order chi connectivity index (χ0) is 18.9. The van der Waals surface area contributed by atoms with Crippen LogP contribution in [0.4, 0.5) is 19.1 Å². The van der Waals surface area contributed by atoms with Crippen molar-refractivity contribution in [3.63, 3.8) is 0 Å². The molecule has 1 aliphatic heterocycles. The van der Waals surface area contributed by atoms with Crippen molar-refractivity contribution >= 4 is 22.9 Å². The maximum Gasteiger partial charge on any atom is 0.394 e. The molecule has 5 nitrogen and oxygen atoms in total. The van der Waals surface area contributed by atoms with Crippen LogP contribution in [0.3, 0.4) is 0 Å². The van der Waals surface area contributed by atoms with E-state index in [1.807, 2.05) is 4.57 Å². The number of hydrogen-bond acceptors (Lipinski definition) is 3. The third-order valence-electron chi connectivity index (χ3n) is 5.56. The number of alkyl halides is 3. The summed E-state index contributed by atoms with van der Waals surface area (Å²) in [7, 11) is 0. The fraction of sp³-hybridized carbons (Fsp3) is 0.500. The normalized spacial score (nSPS) is 18.2. The summed E-state index contributed by atoms with van der Waals surface area (Å²) >= 11 is 0. The van der Waals surface area contributed by atoms with Gasteiger partial charge in [0.15, 0.2) is 0 Å². The molecule has 0 bridgehead atoms. The second kappa shape index (κ2) is 5.00.